The Morgan fingerprint density at radius 2 is 0.833 bits per heavy atom. The average Bonchev–Trinajstić information content (AvgIpc) is 2.77. The summed E-state index contributed by atoms with van der Waals surface area (Å²) in [6, 6.07) is 39.4. The van der Waals surface area contributed by atoms with Crippen molar-refractivity contribution in [3.63, 3.8) is 0 Å². The van der Waals surface area contributed by atoms with Crippen molar-refractivity contribution in [2.75, 3.05) is 9.80 Å². The van der Waals surface area contributed by atoms with Gasteiger partial charge in [0.1, 0.15) is 12.3 Å². The van der Waals surface area contributed by atoms with Crippen molar-refractivity contribution < 1.29 is 0 Å². The van der Waals surface area contributed by atoms with Gasteiger partial charge in [0, 0.05) is 11.4 Å². The molecule has 148 valence electrons. The van der Waals surface area contributed by atoms with Gasteiger partial charge in [0.25, 0.3) is 0 Å². The minimum atomic E-state index is 0.140. The largest absolute Gasteiger partial charge is 0.322 e. The second kappa shape index (κ2) is 7.72. The van der Waals surface area contributed by atoms with E-state index >= 15 is 0 Å². The lowest BCUT2D eigenvalue weighted by molar-refractivity contribution is 0.354. The van der Waals surface area contributed by atoms with Crippen molar-refractivity contribution in [1.29, 1.82) is 0 Å². The van der Waals surface area contributed by atoms with Crippen LogP contribution in [0.3, 0.4) is 0 Å². The van der Waals surface area contributed by atoms with Crippen LogP contribution in [0.25, 0.3) is 0 Å². The normalized spacial score (nSPS) is 18.2. The van der Waals surface area contributed by atoms with Gasteiger partial charge < -0.3 is 9.80 Å². The van der Waals surface area contributed by atoms with Crippen LogP contribution in [0.4, 0.5) is 11.4 Å². The van der Waals surface area contributed by atoms with Crippen molar-refractivity contribution in [1.82, 2.24) is 0 Å². The highest BCUT2D eigenvalue weighted by Gasteiger charge is 2.47. The van der Waals surface area contributed by atoms with E-state index < -0.39 is 0 Å². The van der Waals surface area contributed by atoms with Gasteiger partial charge in [0.05, 0.1) is 0 Å². The molecule has 2 nitrogen and oxygen atoms in total. The van der Waals surface area contributed by atoms with Crippen LogP contribution >= 0.6 is 0 Å². The summed E-state index contributed by atoms with van der Waals surface area (Å²) < 4.78 is 0. The molecule has 0 aromatic heterocycles. The Labute approximate surface area is 179 Å². The Bertz CT molecular complexity index is 1010. The van der Waals surface area contributed by atoms with Gasteiger partial charge >= 0.3 is 0 Å². The Hall–Kier alpha value is -3.52. The molecule has 2 heteroatoms. The molecule has 5 rings (SSSR count). The number of hydrogen-bond donors (Lipinski definition) is 0. The first-order chi connectivity index (χ1) is 14.7. The van der Waals surface area contributed by atoms with Crippen LogP contribution in [0.2, 0.25) is 0 Å². The first-order valence-electron chi connectivity index (χ1n) is 10.5. The zero-order chi connectivity index (χ0) is 20.5. The molecule has 0 radical (unpaired) electrons. The third kappa shape index (κ3) is 3.25. The molecule has 0 spiro atoms. The lowest BCUT2D eigenvalue weighted by atomic mass is 9.95. The van der Waals surface area contributed by atoms with E-state index in [2.05, 4.69) is 133 Å². The van der Waals surface area contributed by atoms with E-state index in [1.165, 1.54) is 33.6 Å². The molecule has 1 aliphatic rings. The molecule has 4 aromatic rings. The average molecular weight is 391 g/mol. The Morgan fingerprint density at radius 1 is 0.433 bits per heavy atom. The topological polar surface area (TPSA) is 6.48 Å². The van der Waals surface area contributed by atoms with E-state index in [1.54, 1.807) is 0 Å². The molecule has 0 saturated carbocycles. The quantitative estimate of drug-likeness (QED) is 0.369. The highest BCUT2D eigenvalue weighted by Crippen LogP contribution is 2.52. The molecule has 4 aromatic carbocycles. The molecule has 0 aliphatic carbocycles. The van der Waals surface area contributed by atoms with Crippen molar-refractivity contribution in [2.24, 2.45) is 0 Å². The predicted octanol–water partition coefficient (Wildman–Crippen LogP) is 7.03. The van der Waals surface area contributed by atoms with E-state index in [0.29, 0.717) is 0 Å². The number of nitrogens with zero attached hydrogens (tertiary/aromatic N) is 2. The van der Waals surface area contributed by atoms with Crippen LogP contribution in [-0.2, 0) is 0 Å². The fourth-order valence-corrected chi connectivity index (χ4v) is 4.35. The number of aryl methyl sites for hydroxylation is 2. The van der Waals surface area contributed by atoms with Crippen molar-refractivity contribution in [3.05, 3.63) is 131 Å². The molecule has 1 saturated heterocycles. The summed E-state index contributed by atoms with van der Waals surface area (Å²) in [6.45, 7) is 4.28. The summed E-state index contributed by atoms with van der Waals surface area (Å²) in [5.41, 5.74) is 7.64. The van der Waals surface area contributed by atoms with E-state index in [9.17, 15) is 0 Å². The van der Waals surface area contributed by atoms with E-state index in [4.69, 9.17) is 0 Å². The summed E-state index contributed by atoms with van der Waals surface area (Å²) >= 11 is 0. The monoisotopic (exact) mass is 390 g/mol. The maximum absolute atomic E-state index is 2.53. The molecule has 2 atom stereocenters. The Morgan fingerprint density at radius 3 is 1.37 bits per heavy atom. The summed E-state index contributed by atoms with van der Waals surface area (Å²) in [5, 5.41) is 0. The molecular weight excluding hydrogens is 364 g/mol. The van der Waals surface area contributed by atoms with Gasteiger partial charge in [-0.1, -0.05) is 96.1 Å². The molecule has 1 heterocycles. The summed E-state index contributed by atoms with van der Waals surface area (Å²) in [6.07, 6.45) is 0.281. The van der Waals surface area contributed by atoms with Crippen LogP contribution < -0.4 is 9.80 Å². The molecule has 0 bridgehead atoms. The molecule has 1 aliphatic heterocycles. The maximum Gasteiger partial charge on any atom is 0.132 e. The van der Waals surface area contributed by atoms with Gasteiger partial charge in [-0.25, -0.2) is 0 Å². The summed E-state index contributed by atoms with van der Waals surface area (Å²) in [5.74, 6) is 0. The zero-order valence-corrected chi connectivity index (χ0v) is 17.4. The van der Waals surface area contributed by atoms with Crippen molar-refractivity contribution >= 4 is 11.4 Å². The standard InChI is InChI=1S/C28H26N2/c1-21-13-17-24(18-14-21)28-29(25-11-7-4-8-12-25)27(23-9-5-3-6-10-23)30(28)26-19-15-22(2)16-20-26/h3-20,27-28H,1-2H3. The molecular formula is C28H26N2. The van der Waals surface area contributed by atoms with Gasteiger partial charge in [-0.3, -0.25) is 0 Å². The minimum absolute atomic E-state index is 0.140. The number of rotatable bonds is 4. The lowest BCUT2D eigenvalue weighted by Gasteiger charge is -2.60. The molecule has 2 unspecified atom stereocenters. The minimum Gasteiger partial charge on any atom is -0.322 e. The van der Waals surface area contributed by atoms with Gasteiger partial charge in [0.15, 0.2) is 0 Å². The third-order valence-corrected chi connectivity index (χ3v) is 5.91. The third-order valence-electron chi connectivity index (χ3n) is 5.91. The van der Waals surface area contributed by atoms with Gasteiger partial charge in [-0.2, -0.15) is 0 Å². The van der Waals surface area contributed by atoms with E-state index in [-0.39, 0.29) is 12.3 Å². The molecule has 30 heavy (non-hydrogen) atoms. The summed E-state index contributed by atoms with van der Waals surface area (Å²) in [4.78, 5) is 5.06. The predicted molar refractivity (Wildman–Crippen MR) is 126 cm³/mol. The zero-order valence-electron chi connectivity index (χ0n) is 17.4. The van der Waals surface area contributed by atoms with Gasteiger partial charge in [0.2, 0.25) is 0 Å². The van der Waals surface area contributed by atoms with Crippen molar-refractivity contribution in [3.8, 4) is 0 Å². The fraction of sp³-hybridized carbons (Fsp3) is 0.143. The summed E-state index contributed by atoms with van der Waals surface area (Å²) in [7, 11) is 0. The number of hydrogen-bond acceptors (Lipinski definition) is 2. The number of para-hydroxylation sites is 1. The second-order valence-corrected chi connectivity index (χ2v) is 8.05. The van der Waals surface area contributed by atoms with Gasteiger partial charge in [-0.15, -0.1) is 0 Å². The number of anilines is 2. The second-order valence-electron chi connectivity index (χ2n) is 8.05. The van der Waals surface area contributed by atoms with E-state index in [1.807, 2.05) is 0 Å². The van der Waals surface area contributed by atoms with Crippen LogP contribution in [0, 0.1) is 13.8 Å². The van der Waals surface area contributed by atoms with Crippen molar-refractivity contribution in [2.45, 2.75) is 26.2 Å². The first kappa shape index (κ1) is 18.5. The lowest BCUT2D eigenvalue weighted by Crippen LogP contribution is -2.60. The Kier molecular flexibility index (Phi) is 4.76. The highest BCUT2D eigenvalue weighted by atomic mass is 15.6. The van der Waals surface area contributed by atoms with Crippen LogP contribution in [0.1, 0.15) is 34.6 Å². The number of benzene rings is 4. The van der Waals surface area contributed by atoms with E-state index in [0.717, 1.165) is 0 Å². The maximum atomic E-state index is 2.53. The van der Waals surface area contributed by atoms with Crippen LogP contribution in [0.15, 0.2) is 109 Å². The van der Waals surface area contributed by atoms with Crippen LogP contribution in [0.5, 0.6) is 0 Å². The molecule has 0 N–H and O–H groups in total. The smallest absolute Gasteiger partial charge is 0.132 e. The first-order valence-corrected chi connectivity index (χ1v) is 10.5. The SMILES string of the molecule is Cc1ccc(C2N(c3ccccc3)C(c3ccccc3)N2c2ccc(C)cc2)cc1. The molecule has 0 amide bonds. The van der Waals surface area contributed by atoms with Crippen LogP contribution in [-0.4, -0.2) is 0 Å². The Balaban J connectivity index is 1.67. The fourth-order valence-electron chi connectivity index (χ4n) is 4.35. The molecule has 1 fully saturated rings. The highest BCUT2D eigenvalue weighted by molar-refractivity contribution is 5.66. The van der Waals surface area contributed by atoms with Gasteiger partial charge in [-0.05, 0) is 49.2 Å².